The summed E-state index contributed by atoms with van der Waals surface area (Å²) >= 11 is 0. The van der Waals surface area contributed by atoms with Gasteiger partial charge in [-0.2, -0.15) is 0 Å². The Hall–Kier alpha value is -0.300. The van der Waals surface area contributed by atoms with E-state index in [9.17, 15) is 0 Å². The highest BCUT2D eigenvalue weighted by atomic mass is 14.8. The van der Waals surface area contributed by atoms with Crippen molar-refractivity contribution in [3.05, 3.63) is 11.6 Å². The summed E-state index contributed by atoms with van der Waals surface area (Å²) in [4.78, 5) is 0. The Kier molecular flexibility index (Phi) is 3.64. The standard InChI is InChI=1S/C10H19N/c1-9(2)10-5-3-7-11-8-4-6-10/h5,9,11H,3-4,6-8H2,1-2H3/b10-5+. The fourth-order valence-electron chi connectivity index (χ4n) is 1.53. The molecule has 1 aliphatic rings. The predicted molar refractivity (Wildman–Crippen MR) is 49.6 cm³/mol. The monoisotopic (exact) mass is 153 g/mol. The van der Waals surface area contributed by atoms with Crippen LogP contribution in [-0.4, -0.2) is 13.1 Å². The second-order valence-corrected chi connectivity index (χ2v) is 3.58. The maximum absolute atomic E-state index is 3.40. The molecule has 1 heterocycles. The second-order valence-electron chi connectivity index (χ2n) is 3.58. The minimum Gasteiger partial charge on any atom is -0.316 e. The fourth-order valence-corrected chi connectivity index (χ4v) is 1.53. The number of allylic oxidation sites excluding steroid dienone is 1. The van der Waals surface area contributed by atoms with E-state index in [1.165, 1.54) is 25.8 Å². The molecule has 0 bridgehead atoms. The molecule has 64 valence electrons. The molecular formula is C10H19N. The van der Waals surface area contributed by atoms with Crippen LogP contribution in [0.3, 0.4) is 0 Å². The van der Waals surface area contributed by atoms with Gasteiger partial charge in [-0.3, -0.25) is 0 Å². The van der Waals surface area contributed by atoms with Crippen molar-refractivity contribution in [2.75, 3.05) is 13.1 Å². The molecule has 0 aromatic carbocycles. The van der Waals surface area contributed by atoms with E-state index in [-0.39, 0.29) is 0 Å². The Morgan fingerprint density at radius 2 is 2.18 bits per heavy atom. The van der Waals surface area contributed by atoms with Crippen molar-refractivity contribution in [3.63, 3.8) is 0 Å². The smallest absolute Gasteiger partial charge is 0.00142 e. The highest BCUT2D eigenvalue weighted by Crippen LogP contribution is 2.17. The molecule has 0 aromatic heterocycles. The number of hydrogen-bond donors (Lipinski definition) is 1. The van der Waals surface area contributed by atoms with E-state index in [1.54, 1.807) is 5.57 Å². The Balaban J connectivity index is 2.45. The van der Waals surface area contributed by atoms with Crippen LogP contribution in [-0.2, 0) is 0 Å². The zero-order chi connectivity index (χ0) is 8.10. The Labute approximate surface area is 69.9 Å². The van der Waals surface area contributed by atoms with E-state index in [0.29, 0.717) is 0 Å². The van der Waals surface area contributed by atoms with Gasteiger partial charge >= 0.3 is 0 Å². The van der Waals surface area contributed by atoms with Crippen molar-refractivity contribution >= 4 is 0 Å². The summed E-state index contributed by atoms with van der Waals surface area (Å²) in [7, 11) is 0. The average molecular weight is 153 g/mol. The molecule has 1 heteroatoms. The number of rotatable bonds is 1. The molecule has 0 unspecified atom stereocenters. The second kappa shape index (κ2) is 4.55. The third-order valence-electron chi connectivity index (χ3n) is 2.29. The Bertz CT molecular complexity index is 136. The van der Waals surface area contributed by atoms with Crippen molar-refractivity contribution in [2.45, 2.75) is 33.1 Å². The average Bonchev–Trinajstić information content (AvgIpc) is 1.84. The van der Waals surface area contributed by atoms with Gasteiger partial charge in [0.25, 0.3) is 0 Å². The van der Waals surface area contributed by atoms with Crippen molar-refractivity contribution in [3.8, 4) is 0 Å². The maximum Gasteiger partial charge on any atom is -0.00142 e. The molecule has 0 amide bonds. The van der Waals surface area contributed by atoms with E-state index in [1.807, 2.05) is 0 Å². The third kappa shape index (κ3) is 3.06. The van der Waals surface area contributed by atoms with Gasteiger partial charge in [-0.25, -0.2) is 0 Å². The van der Waals surface area contributed by atoms with Crippen LogP contribution in [0.1, 0.15) is 33.1 Å². The first kappa shape index (κ1) is 8.79. The first-order valence-electron chi connectivity index (χ1n) is 4.70. The Morgan fingerprint density at radius 1 is 1.36 bits per heavy atom. The minimum atomic E-state index is 0.757. The normalized spacial score (nSPS) is 25.5. The highest BCUT2D eigenvalue weighted by molar-refractivity contribution is 5.05. The van der Waals surface area contributed by atoms with Crippen LogP contribution in [0.4, 0.5) is 0 Å². The van der Waals surface area contributed by atoms with Crippen LogP contribution in [0.15, 0.2) is 11.6 Å². The lowest BCUT2D eigenvalue weighted by molar-refractivity contribution is 0.596. The summed E-state index contributed by atoms with van der Waals surface area (Å²) in [6, 6.07) is 0. The van der Waals surface area contributed by atoms with Gasteiger partial charge in [0.15, 0.2) is 0 Å². The minimum absolute atomic E-state index is 0.757. The molecule has 0 aliphatic carbocycles. The van der Waals surface area contributed by atoms with Gasteiger partial charge in [0.2, 0.25) is 0 Å². The third-order valence-corrected chi connectivity index (χ3v) is 2.29. The fraction of sp³-hybridized carbons (Fsp3) is 0.800. The molecule has 1 N–H and O–H groups in total. The lowest BCUT2D eigenvalue weighted by atomic mass is 9.96. The van der Waals surface area contributed by atoms with E-state index in [2.05, 4.69) is 25.2 Å². The van der Waals surface area contributed by atoms with Gasteiger partial charge in [0, 0.05) is 0 Å². The lowest BCUT2D eigenvalue weighted by Crippen LogP contribution is -2.18. The van der Waals surface area contributed by atoms with Crippen LogP contribution < -0.4 is 5.32 Å². The molecule has 0 saturated heterocycles. The molecule has 1 rings (SSSR count). The summed E-state index contributed by atoms with van der Waals surface area (Å²) in [6.45, 7) is 6.95. The van der Waals surface area contributed by atoms with Crippen molar-refractivity contribution < 1.29 is 0 Å². The van der Waals surface area contributed by atoms with E-state index in [4.69, 9.17) is 0 Å². The first-order chi connectivity index (χ1) is 5.30. The van der Waals surface area contributed by atoms with E-state index < -0.39 is 0 Å². The van der Waals surface area contributed by atoms with E-state index >= 15 is 0 Å². The van der Waals surface area contributed by atoms with Crippen LogP contribution in [0.25, 0.3) is 0 Å². The number of nitrogens with one attached hydrogen (secondary N) is 1. The molecule has 11 heavy (non-hydrogen) atoms. The SMILES string of the molecule is CC(C)/C1=C/CCNCCC1. The lowest BCUT2D eigenvalue weighted by Gasteiger charge is -2.14. The summed E-state index contributed by atoms with van der Waals surface area (Å²) in [6.07, 6.45) is 6.24. The van der Waals surface area contributed by atoms with Crippen molar-refractivity contribution in [1.29, 1.82) is 0 Å². The molecule has 0 spiro atoms. The van der Waals surface area contributed by atoms with Gasteiger partial charge < -0.3 is 5.32 Å². The van der Waals surface area contributed by atoms with Gasteiger partial charge in [0.05, 0.1) is 0 Å². The topological polar surface area (TPSA) is 12.0 Å². The molecule has 0 aromatic rings. The van der Waals surface area contributed by atoms with Crippen LogP contribution in [0.5, 0.6) is 0 Å². The summed E-state index contributed by atoms with van der Waals surface area (Å²) in [5.41, 5.74) is 1.66. The quantitative estimate of drug-likeness (QED) is 0.570. The highest BCUT2D eigenvalue weighted by Gasteiger charge is 2.04. The summed E-state index contributed by atoms with van der Waals surface area (Å²) in [5, 5.41) is 3.40. The van der Waals surface area contributed by atoms with E-state index in [0.717, 1.165) is 12.5 Å². The zero-order valence-corrected chi connectivity index (χ0v) is 7.69. The van der Waals surface area contributed by atoms with Gasteiger partial charge in [-0.15, -0.1) is 0 Å². The van der Waals surface area contributed by atoms with Gasteiger partial charge in [0.1, 0.15) is 0 Å². The first-order valence-corrected chi connectivity index (χ1v) is 4.70. The van der Waals surface area contributed by atoms with Crippen LogP contribution in [0, 0.1) is 5.92 Å². The molecule has 1 aliphatic heterocycles. The zero-order valence-electron chi connectivity index (χ0n) is 7.69. The van der Waals surface area contributed by atoms with Crippen molar-refractivity contribution in [1.82, 2.24) is 5.32 Å². The number of hydrogen-bond acceptors (Lipinski definition) is 1. The predicted octanol–water partition coefficient (Wildman–Crippen LogP) is 2.34. The van der Waals surface area contributed by atoms with Crippen LogP contribution >= 0.6 is 0 Å². The molecule has 0 radical (unpaired) electrons. The Morgan fingerprint density at radius 3 is 2.91 bits per heavy atom. The maximum atomic E-state index is 3.40. The molecule has 1 nitrogen and oxygen atoms in total. The van der Waals surface area contributed by atoms with Crippen LogP contribution in [0.2, 0.25) is 0 Å². The van der Waals surface area contributed by atoms with Gasteiger partial charge in [-0.1, -0.05) is 25.5 Å². The van der Waals surface area contributed by atoms with Gasteiger partial charge in [-0.05, 0) is 38.3 Å². The van der Waals surface area contributed by atoms with Crippen molar-refractivity contribution in [2.24, 2.45) is 5.92 Å². The molecule has 0 fully saturated rings. The summed E-state index contributed by atoms with van der Waals surface area (Å²) < 4.78 is 0. The summed E-state index contributed by atoms with van der Waals surface area (Å²) in [5.74, 6) is 0.757. The largest absolute Gasteiger partial charge is 0.316 e. The molecule has 0 atom stereocenters. The molecule has 0 saturated carbocycles. The molecular weight excluding hydrogens is 134 g/mol.